The molecule has 33 heavy (non-hydrogen) atoms. The zero-order valence-corrected chi connectivity index (χ0v) is 18.5. The highest BCUT2D eigenvalue weighted by Gasteiger charge is 2.42. The summed E-state index contributed by atoms with van der Waals surface area (Å²) in [6.45, 7) is 0.353. The fraction of sp³-hybridized carbons (Fsp3) is 0.154. The zero-order chi connectivity index (χ0) is 23.1. The van der Waals surface area contributed by atoms with Crippen molar-refractivity contribution < 1.29 is 19.1 Å². The van der Waals surface area contributed by atoms with E-state index in [-0.39, 0.29) is 28.4 Å². The number of carbonyl (C=O) groups is 1. The summed E-state index contributed by atoms with van der Waals surface area (Å²) in [6.07, 6.45) is 0.568. The maximum absolute atomic E-state index is 13.5. The number of methoxy groups -OCH3 is 1. The summed E-state index contributed by atoms with van der Waals surface area (Å²) in [5, 5.41) is 10.8. The summed E-state index contributed by atoms with van der Waals surface area (Å²) in [5.74, 6) is 0.469. The molecular weight excluding hydrogens is 442 g/mol. The molecule has 166 valence electrons. The van der Waals surface area contributed by atoms with Crippen molar-refractivity contribution in [1.82, 2.24) is 4.90 Å². The normalized spacial score (nSPS) is 15.2. The van der Waals surface area contributed by atoms with Crippen molar-refractivity contribution in [2.45, 2.75) is 12.5 Å². The predicted octanol–water partition coefficient (Wildman–Crippen LogP) is 4.95. The van der Waals surface area contributed by atoms with Crippen molar-refractivity contribution >= 4 is 28.5 Å². The van der Waals surface area contributed by atoms with E-state index in [2.05, 4.69) is 0 Å². The van der Waals surface area contributed by atoms with Crippen molar-refractivity contribution in [3.05, 3.63) is 104 Å². The van der Waals surface area contributed by atoms with Gasteiger partial charge in [0, 0.05) is 11.6 Å². The first-order valence-electron chi connectivity index (χ1n) is 10.5. The Morgan fingerprint density at radius 3 is 2.58 bits per heavy atom. The smallest absolute Gasteiger partial charge is 0.290 e. The largest absolute Gasteiger partial charge is 0.508 e. The number of hydrogen-bond acceptors (Lipinski definition) is 5. The molecule has 1 amide bonds. The first-order valence-corrected chi connectivity index (χ1v) is 10.8. The van der Waals surface area contributed by atoms with Gasteiger partial charge >= 0.3 is 0 Å². The number of phenols is 1. The molecule has 2 heterocycles. The number of halogens is 1. The summed E-state index contributed by atoms with van der Waals surface area (Å²) >= 11 is 6.11. The second-order valence-electron chi connectivity index (χ2n) is 7.91. The van der Waals surface area contributed by atoms with Crippen molar-refractivity contribution in [2.75, 3.05) is 13.7 Å². The third kappa shape index (κ3) is 3.72. The van der Waals surface area contributed by atoms with Crippen LogP contribution in [-0.2, 0) is 6.42 Å². The summed E-state index contributed by atoms with van der Waals surface area (Å²) in [6, 6.07) is 18.3. The molecule has 1 atom stereocenters. The number of rotatable bonds is 5. The number of nitrogens with zero attached hydrogens (tertiary/aromatic N) is 1. The van der Waals surface area contributed by atoms with Gasteiger partial charge in [0.05, 0.1) is 24.1 Å². The number of hydrogen-bond donors (Lipinski definition) is 1. The number of ether oxygens (including phenoxy) is 1. The highest BCUT2D eigenvalue weighted by atomic mass is 35.5. The van der Waals surface area contributed by atoms with Gasteiger partial charge in [-0.15, -0.1) is 0 Å². The van der Waals surface area contributed by atoms with Gasteiger partial charge < -0.3 is 19.2 Å². The number of phenolic OH excluding ortho intramolecular Hbond substituents is 1. The topological polar surface area (TPSA) is 80.0 Å². The van der Waals surface area contributed by atoms with Gasteiger partial charge in [0.15, 0.2) is 5.43 Å². The Morgan fingerprint density at radius 2 is 1.85 bits per heavy atom. The number of benzene rings is 3. The van der Waals surface area contributed by atoms with Crippen LogP contribution < -0.4 is 10.2 Å². The van der Waals surface area contributed by atoms with Crippen molar-refractivity contribution in [3.8, 4) is 11.5 Å². The molecule has 0 saturated carbocycles. The van der Waals surface area contributed by atoms with Crippen molar-refractivity contribution in [2.24, 2.45) is 0 Å². The number of carbonyl (C=O) groups excluding carboxylic acids is 1. The standard InChI is InChI=1S/C26H20ClNO5/c1-32-19-8-5-15(6-9-19)11-12-28-23(16-3-2-4-18(29)13-16)22-24(30)20-14-17(27)7-10-21(20)33-25(22)26(28)31/h2-10,13-14,23,29H,11-12H2,1H3/t23-/m0/s1. The molecule has 7 heteroatoms. The molecule has 1 aliphatic heterocycles. The Morgan fingerprint density at radius 1 is 1.06 bits per heavy atom. The van der Waals surface area contributed by atoms with E-state index in [4.69, 9.17) is 20.8 Å². The fourth-order valence-corrected chi connectivity index (χ4v) is 4.48. The number of aromatic hydroxyl groups is 1. The van der Waals surface area contributed by atoms with E-state index in [1.165, 1.54) is 0 Å². The Balaban J connectivity index is 1.61. The maximum atomic E-state index is 13.5. The first-order chi connectivity index (χ1) is 16.0. The molecule has 6 nitrogen and oxygen atoms in total. The van der Waals surface area contributed by atoms with E-state index in [1.807, 2.05) is 24.3 Å². The van der Waals surface area contributed by atoms with Crippen molar-refractivity contribution in [1.29, 1.82) is 0 Å². The molecule has 1 N–H and O–H groups in total. The van der Waals surface area contributed by atoms with Gasteiger partial charge in [0.1, 0.15) is 17.1 Å². The van der Waals surface area contributed by atoms with Gasteiger partial charge in [0.2, 0.25) is 5.76 Å². The minimum Gasteiger partial charge on any atom is -0.508 e. The predicted molar refractivity (Wildman–Crippen MR) is 125 cm³/mol. The Hall–Kier alpha value is -3.77. The van der Waals surface area contributed by atoms with Gasteiger partial charge in [-0.1, -0.05) is 35.9 Å². The molecule has 0 radical (unpaired) electrons. The lowest BCUT2D eigenvalue weighted by molar-refractivity contribution is 0.0730. The highest BCUT2D eigenvalue weighted by Crippen LogP contribution is 2.39. The summed E-state index contributed by atoms with van der Waals surface area (Å²) in [7, 11) is 1.61. The molecule has 0 unspecified atom stereocenters. The van der Waals surface area contributed by atoms with Crippen molar-refractivity contribution in [3.63, 3.8) is 0 Å². The van der Waals surface area contributed by atoms with Gasteiger partial charge in [-0.05, 0) is 60.0 Å². The highest BCUT2D eigenvalue weighted by molar-refractivity contribution is 6.31. The Kier molecular flexibility index (Phi) is 5.30. The lowest BCUT2D eigenvalue weighted by Crippen LogP contribution is -2.31. The van der Waals surface area contributed by atoms with Crippen LogP contribution in [0.1, 0.15) is 33.3 Å². The second-order valence-corrected chi connectivity index (χ2v) is 8.35. The van der Waals surface area contributed by atoms with E-state index in [9.17, 15) is 14.7 Å². The van der Waals surface area contributed by atoms with Crippen LogP contribution in [0, 0.1) is 0 Å². The molecule has 0 aliphatic carbocycles. The van der Waals surface area contributed by atoms with Gasteiger partial charge in [-0.2, -0.15) is 0 Å². The molecule has 4 aromatic rings. The van der Waals surface area contributed by atoms with Crippen LogP contribution in [0.15, 0.2) is 75.9 Å². The van der Waals surface area contributed by atoms with Crippen LogP contribution >= 0.6 is 11.6 Å². The fourth-order valence-electron chi connectivity index (χ4n) is 4.31. The van der Waals surface area contributed by atoms with Crippen LogP contribution in [0.3, 0.4) is 0 Å². The lowest BCUT2D eigenvalue weighted by Gasteiger charge is -2.25. The van der Waals surface area contributed by atoms with Crippen LogP contribution in [0.2, 0.25) is 5.02 Å². The first kappa shape index (κ1) is 21.1. The quantitative estimate of drug-likeness (QED) is 0.455. The molecule has 1 aromatic heterocycles. The maximum Gasteiger partial charge on any atom is 0.290 e. The molecule has 0 spiro atoms. The zero-order valence-electron chi connectivity index (χ0n) is 17.7. The average molecular weight is 462 g/mol. The summed E-state index contributed by atoms with van der Waals surface area (Å²) in [5.41, 5.74) is 1.91. The van der Waals surface area contributed by atoms with Gasteiger partial charge in [0.25, 0.3) is 5.91 Å². The second kappa shape index (κ2) is 8.30. The summed E-state index contributed by atoms with van der Waals surface area (Å²) < 4.78 is 11.1. The molecule has 0 fully saturated rings. The minimum absolute atomic E-state index is 0.0258. The summed E-state index contributed by atoms with van der Waals surface area (Å²) in [4.78, 5) is 28.6. The monoisotopic (exact) mass is 461 g/mol. The van der Waals surface area contributed by atoms with E-state index in [1.54, 1.807) is 54.5 Å². The lowest BCUT2D eigenvalue weighted by atomic mass is 9.98. The van der Waals surface area contributed by atoms with Crippen LogP contribution in [0.25, 0.3) is 11.0 Å². The molecule has 0 bridgehead atoms. The van der Waals surface area contributed by atoms with E-state index in [0.29, 0.717) is 34.5 Å². The van der Waals surface area contributed by atoms with Gasteiger partial charge in [-0.3, -0.25) is 9.59 Å². The Bertz CT molecular complexity index is 1430. The van der Waals surface area contributed by atoms with E-state index < -0.39 is 6.04 Å². The van der Waals surface area contributed by atoms with E-state index >= 15 is 0 Å². The number of fused-ring (bicyclic) bond motifs is 2. The van der Waals surface area contributed by atoms with Gasteiger partial charge in [-0.25, -0.2) is 0 Å². The third-order valence-electron chi connectivity index (χ3n) is 5.91. The molecule has 5 rings (SSSR count). The number of amides is 1. The molecule has 1 aliphatic rings. The SMILES string of the molecule is COc1ccc(CCN2C(=O)c3oc4ccc(Cl)cc4c(=O)c3[C@@H]2c2cccc(O)c2)cc1. The molecule has 0 saturated heterocycles. The van der Waals surface area contributed by atoms with Crippen LogP contribution in [0.4, 0.5) is 0 Å². The Labute approximate surface area is 194 Å². The molecule has 3 aromatic carbocycles. The third-order valence-corrected chi connectivity index (χ3v) is 6.15. The van der Waals surface area contributed by atoms with Crippen LogP contribution in [-0.4, -0.2) is 29.6 Å². The minimum atomic E-state index is -0.683. The van der Waals surface area contributed by atoms with E-state index in [0.717, 1.165) is 11.3 Å². The average Bonchev–Trinajstić information content (AvgIpc) is 3.10. The van der Waals surface area contributed by atoms with Crippen LogP contribution in [0.5, 0.6) is 11.5 Å². The molecular formula is C26H20ClNO5.